The van der Waals surface area contributed by atoms with Gasteiger partial charge in [-0.15, -0.1) is 0 Å². The predicted octanol–water partition coefficient (Wildman–Crippen LogP) is 1.56. The molecule has 0 bridgehead atoms. The molecule has 0 saturated carbocycles. The van der Waals surface area contributed by atoms with E-state index in [1.807, 2.05) is 0 Å². The van der Waals surface area contributed by atoms with Crippen LogP contribution in [0.25, 0.3) is 0 Å². The molecule has 8 heteroatoms. The van der Waals surface area contributed by atoms with E-state index in [0.29, 0.717) is 13.0 Å². The smallest absolute Gasteiger partial charge is 0.244 e. The molecule has 20 heavy (non-hydrogen) atoms. The van der Waals surface area contributed by atoms with E-state index < -0.39 is 21.9 Å². The normalized spacial score (nSPS) is 22.1. The number of sulfonamides is 1. The van der Waals surface area contributed by atoms with Gasteiger partial charge in [0.15, 0.2) is 0 Å². The second-order valence-corrected chi connectivity index (χ2v) is 7.72. The topological polar surface area (TPSA) is 83.6 Å². The first kappa shape index (κ1) is 15.7. The number of hydrogen-bond donors (Lipinski definition) is 2. The molecular formula is C12H16BrFN2O3S. The van der Waals surface area contributed by atoms with Crippen molar-refractivity contribution in [1.82, 2.24) is 4.31 Å². The minimum absolute atomic E-state index is 0.0531. The van der Waals surface area contributed by atoms with Crippen LogP contribution in [-0.2, 0) is 10.0 Å². The number of nitrogens with zero attached hydrogens (tertiary/aromatic N) is 1. The van der Waals surface area contributed by atoms with Crippen LogP contribution in [-0.4, -0.2) is 37.0 Å². The SMILES string of the molecule is CC(O)C1CCN(S(=O)(=O)c2cc(N)c(F)cc2Br)C1. The Hall–Kier alpha value is -0.700. The average Bonchev–Trinajstić information content (AvgIpc) is 2.83. The molecule has 2 unspecified atom stereocenters. The second-order valence-electron chi connectivity index (χ2n) is 4.96. The molecule has 1 heterocycles. The highest BCUT2D eigenvalue weighted by Gasteiger charge is 2.35. The fourth-order valence-electron chi connectivity index (χ4n) is 2.25. The Morgan fingerprint density at radius 3 is 2.75 bits per heavy atom. The van der Waals surface area contributed by atoms with Crippen LogP contribution in [0.1, 0.15) is 13.3 Å². The van der Waals surface area contributed by atoms with Crippen LogP contribution in [0, 0.1) is 11.7 Å². The van der Waals surface area contributed by atoms with Crippen molar-refractivity contribution < 1.29 is 17.9 Å². The van der Waals surface area contributed by atoms with Crippen LogP contribution in [0.3, 0.4) is 0 Å². The first-order valence-electron chi connectivity index (χ1n) is 6.16. The van der Waals surface area contributed by atoms with Gasteiger partial charge in [0.1, 0.15) is 5.82 Å². The molecule has 0 aliphatic carbocycles. The van der Waals surface area contributed by atoms with E-state index in [9.17, 15) is 17.9 Å². The summed E-state index contributed by atoms with van der Waals surface area (Å²) < 4.78 is 39.8. The highest BCUT2D eigenvalue weighted by molar-refractivity contribution is 9.10. The zero-order valence-corrected chi connectivity index (χ0v) is 13.3. The Labute approximate surface area is 125 Å². The van der Waals surface area contributed by atoms with Gasteiger partial charge >= 0.3 is 0 Å². The quantitative estimate of drug-likeness (QED) is 0.795. The average molecular weight is 367 g/mol. The van der Waals surface area contributed by atoms with Crippen molar-refractivity contribution in [2.24, 2.45) is 5.92 Å². The van der Waals surface area contributed by atoms with Gasteiger partial charge in [0.05, 0.1) is 16.7 Å². The minimum atomic E-state index is -3.75. The number of aliphatic hydroxyl groups excluding tert-OH is 1. The van der Waals surface area contributed by atoms with Gasteiger partial charge in [-0.3, -0.25) is 0 Å². The minimum Gasteiger partial charge on any atom is -0.396 e. The van der Waals surface area contributed by atoms with Crippen LogP contribution in [0.5, 0.6) is 0 Å². The van der Waals surface area contributed by atoms with Gasteiger partial charge in [0, 0.05) is 17.6 Å². The maximum Gasteiger partial charge on any atom is 0.244 e. The molecule has 2 rings (SSSR count). The van der Waals surface area contributed by atoms with Gasteiger partial charge < -0.3 is 10.8 Å². The standard InChI is InChI=1S/C12H16BrFN2O3S/c1-7(17)8-2-3-16(6-8)20(18,19)12-5-11(15)10(14)4-9(12)13/h4-5,7-8,17H,2-3,6,15H2,1H3. The molecule has 0 aromatic heterocycles. The third-order valence-electron chi connectivity index (χ3n) is 3.54. The maximum atomic E-state index is 13.3. The molecule has 1 aromatic carbocycles. The van der Waals surface area contributed by atoms with Crippen LogP contribution >= 0.6 is 15.9 Å². The molecule has 2 atom stereocenters. The van der Waals surface area contributed by atoms with Crippen molar-refractivity contribution in [3.8, 4) is 0 Å². The Morgan fingerprint density at radius 2 is 2.20 bits per heavy atom. The van der Waals surface area contributed by atoms with Crippen LogP contribution < -0.4 is 5.73 Å². The number of nitrogens with two attached hydrogens (primary N) is 1. The number of anilines is 1. The number of hydrogen-bond acceptors (Lipinski definition) is 4. The molecule has 1 saturated heterocycles. The molecule has 0 spiro atoms. The van der Waals surface area contributed by atoms with Crippen LogP contribution in [0.4, 0.5) is 10.1 Å². The van der Waals surface area contributed by atoms with Crippen LogP contribution in [0.15, 0.2) is 21.5 Å². The number of halogens is 2. The van der Waals surface area contributed by atoms with Crippen molar-refractivity contribution in [3.63, 3.8) is 0 Å². The number of rotatable bonds is 3. The number of nitrogen functional groups attached to an aromatic ring is 1. The fourth-order valence-corrected chi connectivity index (χ4v) is 4.77. The lowest BCUT2D eigenvalue weighted by Gasteiger charge is -2.19. The van der Waals surface area contributed by atoms with Crippen molar-refractivity contribution in [3.05, 3.63) is 22.4 Å². The summed E-state index contributed by atoms with van der Waals surface area (Å²) in [5, 5.41) is 9.54. The molecule has 1 aromatic rings. The summed E-state index contributed by atoms with van der Waals surface area (Å²) in [4.78, 5) is -0.0531. The third-order valence-corrected chi connectivity index (χ3v) is 6.36. The first-order valence-corrected chi connectivity index (χ1v) is 8.39. The van der Waals surface area contributed by atoms with Crippen molar-refractivity contribution in [2.45, 2.75) is 24.3 Å². The summed E-state index contributed by atoms with van der Waals surface area (Å²) in [6.45, 7) is 2.23. The van der Waals surface area contributed by atoms with E-state index >= 15 is 0 Å². The maximum absolute atomic E-state index is 13.3. The molecule has 5 nitrogen and oxygen atoms in total. The zero-order chi connectivity index (χ0) is 15.1. The second kappa shape index (κ2) is 5.59. The Kier molecular flexibility index (Phi) is 4.38. The van der Waals surface area contributed by atoms with Gasteiger partial charge in [0.25, 0.3) is 0 Å². The van der Waals surface area contributed by atoms with Crippen molar-refractivity contribution in [1.29, 1.82) is 0 Å². The summed E-state index contributed by atoms with van der Waals surface area (Å²) >= 11 is 3.06. The lowest BCUT2D eigenvalue weighted by molar-refractivity contribution is 0.133. The zero-order valence-electron chi connectivity index (χ0n) is 10.9. The van der Waals surface area contributed by atoms with Crippen LogP contribution in [0.2, 0.25) is 0 Å². The highest BCUT2D eigenvalue weighted by Crippen LogP contribution is 2.32. The lowest BCUT2D eigenvalue weighted by atomic mass is 10.0. The Bertz CT molecular complexity index is 621. The monoisotopic (exact) mass is 366 g/mol. The van der Waals surface area contributed by atoms with Gasteiger partial charge in [-0.05, 0) is 47.3 Å². The predicted molar refractivity (Wildman–Crippen MR) is 77.1 cm³/mol. The van der Waals surface area contributed by atoms with Crippen molar-refractivity contribution in [2.75, 3.05) is 18.8 Å². The molecule has 3 N–H and O–H groups in total. The Balaban J connectivity index is 2.35. The summed E-state index contributed by atoms with van der Waals surface area (Å²) in [5.41, 5.74) is 5.23. The number of benzene rings is 1. The molecule has 1 aliphatic heterocycles. The number of aliphatic hydroxyl groups is 1. The molecule has 112 valence electrons. The summed E-state index contributed by atoms with van der Waals surface area (Å²) in [6.07, 6.45) is 0.0440. The van der Waals surface area contributed by atoms with Gasteiger partial charge in [-0.2, -0.15) is 4.31 Å². The van der Waals surface area contributed by atoms with E-state index in [1.165, 1.54) is 4.31 Å². The van der Waals surface area contributed by atoms with Gasteiger partial charge in [-0.25, -0.2) is 12.8 Å². The Morgan fingerprint density at radius 1 is 1.55 bits per heavy atom. The largest absolute Gasteiger partial charge is 0.396 e. The van der Waals surface area contributed by atoms with Crippen molar-refractivity contribution >= 4 is 31.6 Å². The molecular weight excluding hydrogens is 351 g/mol. The lowest BCUT2D eigenvalue weighted by Crippen LogP contribution is -2.30. The first-order chi connectivity index (χ1) is 9.23. The van der Waals surface area contributed by atoms with Gasteiger partial charge in [0.2, 0.25) is 10.0 Å². The summed E-state index contributed by atoms with van der Waals surface area (Å²) in [6, 6.07) is 2.16. The van der Waals surface area contributed by atoms with E-state index in [1.54, 1.807) is 6.92 Å². The molecule has 0 amide bonds. The molecule has 1 aliphatic rings. The molecule has 0 radical (unpaired) electrons. The summed E-state index contributed by atoms with van der Waals surface area (Å²) in [7, 11) is -3.75. The summed E-state index contributed by atoms with van der Waals surface area (Å²) in [5.74, 6) is -0.750. The van der Waals surface area contributed by atoms with E-state index in [0.717, 1.165) is 12.1 Å². The van der Waals surface area contributed by atoms with E-state index in [-0.39, 0.29) is 27.5 Å². The highest BCUT2D eigenvalue weighted by atomic mass is 79.9. The van der Waals surface area contributed by atoms with Gasteiger partial charge in [-0.1, -0.05) is 0 Å². The van der Waals surface area contributed by atoms with E-state index in [2.05, 4.69) is 15.9 Å². The van der Waals surface area contributed by atoms with E-state index in [4.69, 9.17) is 5.73 Å². The third kappa shape index (κ3) is 2.83. The fraction of sp³-hybridized carbons (Fsp3) is 0.500. The molecule has 1 fully saturated rings.